The molecule has 106 valence electrons. The predicted molar refractivity (Wildman–Crippen MR) is 71.5 cm³/mol. The Morgan fingerprint density at radius 1 is 1.25 bits per heavy atom. The molecule has 20 heavy (non-hydrogen) atoms. The van der Waals surface area contributed by atoms with Crippen molar-refractivity contribution in [2.45, 2.75) is 13.8 Å². The summed E-state index contributed by atoms with van der Waals surface area (Å²) in [5.41, 5.74) is 2.94. The zero-order chi connectivity index (χ0) is 14.9. The largest absolute Gasteiger partial charge is 0.493 e. The maximum atomic E-state index is 10.9. The molecule has 0 unspecified atom stereocenters. The van der Waals surface area contributed by atoms with E-state index in [1.165, 1.54) is 6.07 Å². The Balaban J connectivity index is 2.64. The highest BCUT2D eigenvalue weighted by atomic mass is 16.5. The third-order valence-electron chi connectivity index (χ3n) is 3.08. The molecule has 2 rings (SSSR count). The van der Waals surface area contributed by atoms with E-state index in [4.69, 9.17) is 19.1 Å². The molecule has 0 aliphatic heterocycles. The van der Waals surface area contributed by atoms with Crippen LogP contribution in [0.4, 0.5) is 0 Å². The van der Waals surface area contributed by atoms with Crippen LogP contribution in [-0.2, 0) is 0 Å². The first-order chi connectivity index (χ1) is 9.49. The number of aryl methyl sites for hydroxylation is 1. The van der Waals surface area contributed by atoms with Gasteiger partial charge in [-0.05, 0) is 25.5 Å². The van der Waals surface area contributed by atoms with Crippen molar-refractivity contribution >= 4 is 5.97 Å². The van der Waals surface area contributed by atoms with Gasteiger partial charge in [0.15, 0.2) is 11.5 Å². The molecule has 0 saturated heterocycles. The van der Waals surface area contributed by atoms with Crippen LogP contribution in [0.3, 0.4) is 0 Å². The number of aromatic carboxylic acids is 1. The molecule has 1 aromatic heterocycles. The van der Waals surface area contributed by atoms with Crippen LogP contribution in [0.25, 0.3) is 11.3 Å². The zero-order valence-corrected chi connectivity index (χ0v) is 11.7. The lowest BCUT2D eigenvalue weighted by molar-refractivity contribution is 0.0652. The van der Waals surface area contributed by atoms with Crippen LogP contribution >= 0.6 is 0 Å². The predicted octanol–water partition coefficient (Wildman–Crippen LogP) is 2.67. The fourth-order valence-corrected chi connectivity index (χ4v) is 2.22. The average molecular weight is 277 g/mol. The van der Waals surface area contributed by atoms with Gasteiger partial charge in [-0.2, -0.15) is 0 Å². The van der Waals surface area contributed by atoms with E-state index in [1.54, 1.807) is 14.2 Å². The summed E-state index contributed by atoms with van der Waals surface area (Å²) >= 11 is 0. The quantitative estimate of drug-likeness (QED) is 0.925. The van der Waals surface area contributed by atoms with E-state index < -0.39 is 5.97 Å². The average Bonchev–Trinajstić information content (AvgIpc) is 2.87. The van der Waals surface area contributed by atoms with E-state index in [2.05, 4.69) is 5.16 Å². The van der Waals surface area contributed by atoms with E-state index in [0.717, 1.165) is 16.7 Å². The Morgan fingerprint density at radius 2 is 1.95 bits per heavy atom. The molecule has 0 radical (unpaired) electrons. The van der Waals surface area contributed by atoms with Crippen molar-refractivity contribution in [3.05, 3.63) is 29.0 Å². The molecule has 0 fully saturated rings. The second kappa shape index (κ2) is 5.24. The van der Waals surface area contributed by atoms with Crippen LogP contribution in [0.1, 0.15) is 21.7 Å². The molecule has 0 spiro atoms. The van der Waals surface area contributed by atoms with E-state index >= 15 is 0 Å². The second-order valence-electron chi connectivity index (χ2n) is 4.31. The van der Waals surface area contributed by atoms with Crippen LogP contribution in [0.15, 0.2) is 16.7 Å². The topological polar surface area (TPSA) is 81.8 Å². The highest BCUT2D eigenvalue weighted by molar-refractivity contribution is 5.86. The first-order valence-electron chi connectivity index (χ1n) is 5.92. The van der Waals surface area contributed by atoms with Crippen LogP contribution in [0, 0.1) is 13.8 Å². The van der Waals surface area contributed by atoms with Crippen LogP contribution in [0.5, 0.6) is 11.5 Å². The molecule has 0 atom stereocenters. The summed E-state index contributed by atoms with van der Waals surface area (Å²) in [5, 5.41) is 12.7. The van der Waals surface area contributed by atoms with Gasteiger partial charge in [0.2, 0.25) is 5.76 Å². The van der Waals surface area contributed by atoms with Gasteiger partial charge in [-0.1, -0.05) is 5.16 Å². The Morgan fingerprint density at radius 3 is 2.45 bits per heavy atom. The number of nitrogens with zero attached hydrogens (tertiary/aromatic N) is 1. The van der Waals surface area contributed by atoms with Crippen molar-refractivity contribution < 1.29 is 23.9 Å². The summed E-state index contributed by atoms with van der Waals surface area (Å²) in [6.45, 7) is 3.75. The Labute approximate surface area is 115 Å². The third-order valence-corrected chi connectivity index (χ3v) is 3.08. The van der Waals surface area contributed by atoms with Crippen molar-refractivity contribution in [1.29, 1.82) is 0 Å². The number of rotatable bonds is 4. The van der Waals surface area contributed by atoms with Gasteiger partial charge < -0.3 is 19.1 Å². The lowest BCUT2D eigenvalue weighted by Gasteiger charge is -2.15. The fraction of sp³-hybridized carbons (Fsp3) is 0.286. The minimum atomic E-state index is -1.15. The lowest BCUT2D eigenvalue weighted by atomic mass is 9.98. The summed E-state index contributed by atoms with van der Waals surface area (Å²) in [6.07, 6.45) is 0. The molecular weight excluding hydrogens is 262 g/mol. The Bertz CT molecular complexity index is 660. The van der Waals surface area contributed by atoms with Gasteiger partial charge in [0, 0.05) is 17.2 Å². The Kier molecular flexibility index (Phi) is 3.65. The molecular formula is C14H15NO5. The number of aromatic nitrogens is 1. The smallest absolute Gasteiger partial charge is 0.374 e. The minimum Gasteiger partial charge on any atom is -0.493 e. The van der Waals surface area contributed by atoms with Crippen molar-refractivity contribution in [1.82, 2.24) is 5.16 Å². The molecule has 0 bridgehead atoms. The van der Waals surface area contributed by atoms with Gasteiger partial charge >= 0.3 is 5.97 Å². The number of carbonyl (C=O) groups is 1. The van der Waals surface area contributed by atoms with Crippen LogP contribution in [0.2, 0.25) is 0 Å². The number of ether oxygens (including phenoxy) is 2. The highest BCUT2D eigenvalue weighted by Gasteiger charge is 2.20. The fourth-order valence-electron chi connectivity index (χ4n) is 2.22. The van der Waals surface area contributed by atoms with Gasteiger partial charge in [0.05, 0.1) is 14.2 Å². The molecule has 0 saturated carbocycles. The van der Waals surface area contributed by atoms with Crippen molar-refractivity contribution in [3.63, 3.8) is 0 Å². The van der Waals surface area contributed by atoms with Crippen molar-refractivity contribution in [3.8, 4) is 22.8 Å². The standard InChI is InChI=1S/C14H15NO5/c1-7-5-10(18-3)13(19-4)8(2)12(7)9-6-11(14(16)17)20-15-9/h5-6H,1-4H3,(H,16,17). The number of benzene rings is 1. The number of methoxy groups -OCH3 is 2. The molecule has 1 aromatic carbocycles. The highest BCUT2D eigenvalue weighted by Crippen LogP contribution is 2.39. The van der Waals surface area contributed by atoms with Crippen LogP contribution in [-0.4, -0.2) is 30.5 Å². The normalized spacial score (nSPS) is 10.4. The lowest BCUT2D eigenvalue weighted by Crippen LogP contribution is -1.98. The first-order valence-corrected chi connectivity index (χ1v) is 5.92. The molecule has 2 aromatic rings. The van der Waals surface area contributed by atoms with Gasteiger partial charge in [0.1, 0.15) is 5.69 Å². The molecule has 6 nitrogen and oxygen atoms in total. The van der Waals surface area contributed by atoms with E-state index in [1.807, 2.05) is 19.9 Å². The van der Waals surface area contributed by atoms with Gasteiger partial charge in [-0.15, -0.1) is 0 Å². The van der Waals surface area contributed by atoms with E-state index in [-0.39, 0.29) is 5.76 Å². The third kappa shape index (κ3) is 2.20. The SMILES string of the molecule is COc1cc(C)c(-c2cc(C(=O)O)on2)c(C)c1OC. The summed E-state index contributed by atoms with van der Waals surface area (Å²) in [6, 6.07) is 3.21. The summed E-state index contributed by atoms with van der Waals surface area (Å²) in [4.78, 5) is 10.9. The summed E-state index contributed by atoms with van der Waals surface area (Å²) < 4.78 is 15.4. The molecule has 0 amide bonds. The van der Waals surface area contributed by atoms with Gasteiger partial charge in [0.25, 0.3) is 0 Å². The molecule has 0 aliphatic carbocycles. The van der Waals surface area contributed by atoms with Gasteiger partial charge in [-0.25, -0.2) is 4.79 Å². The van der Waals surface area contributed by atoms with E-state index in [9.17, 15) is 4.79 Å². The van der Waals surface area contributed by atoms with E-state index in [0.29, 0.717) is 17.2 Å². The molecule has 1 N–H and O–H groups in total. The maximum absolute atomic E-state index is 10.9. The maximum Gasteiger partial charge on any atom is 0.374 e. The second-order valence-corrected chi connectivity index (χ2v) is 4.31. The molecule has 6 heteroatoms. The monoisotopic (exact) mass is 277 g/mol. The Hall–Kier alpha value is -2.50. The minimum absolute atomic E-state index is 0.200. The molecule has 1 heterocycles. The number of hydrogen-bond donors (Lipinski definition) is 1. The van der Waals surface area contributed by atoms with Crippen LogP contribution < -0.4 is 9.47 Å². The molecule has 0 aliphatic rings. The summed E-state index contributed by atoms with van der Waals surface area (Å²) in [7, 11) is 3.12. The zero-order valence-electron chi connectivity index (χ0n) is 11.7. The van der Waals surface area contributed by atoms with Crippen molar-refractivity contribution in [2.24, 2.45) is 0 Å². The number of hydrogen-bond acceptors (Lipinski definition) is 5. The van der Waals surface area contributed by atoms with Gasteiger partial charge in [-0.3, -0.25) is 0 Å². The van der Waals surface area contributed by atoms with Crippen molar-refractivity contribution in [2.75, 3.05) is 14.2 Å². The number of carboxylic acids is 1. The number of carboxylic acid groups (broad SMARTS) is 1. The summed E-state index contributed by atoms with van der Waals surface area (Å²) in [5.74, 6) is -0.144. The first kappa shape index (κ1) is 13.9.